The van der Waals surface area contributed by atoms with Crippen LogP contribution in [0.25, 0.3) is 0 Å². The Hall–Kier alpha value is -1.73. The molecular weight excluding hydrogens is 281 g/mol. The summed E-state index contributed by atoms with van der Waals surface area (Å²) in [6.45, 7) is 3.78. The van der Waals surface area contributed by atoms with Crippen LogP contribution in [-0.2, 0) is 10.0 Å². The summed E-state index contributed by atoms with van der Waals surface area (Å²) >= 11 is 0. The Balaban J connectivity index is 2.29. The van der Waals surface area contributed by atoms with Gasteiger partial charge in [-0.15, -0.1) is 0 Å². The summed E-state index contributed by atoms with van der Waals surface area (Å²) in [6.07, 6.45) is 2.54. The molecular formula is C13H16FN3O2S. The van der Waals surface area contributed by atoms with Crippen LogP contribution in [-0.4, -0.2) is 18.4 Å². The van der Waals surface area contributed by atoms with E-state index in [0.29, 0.717) is 5.56 Å². The van der Waals surface area contributed by atoms with E-state index in [-0.39, 0.29) is 16.8 Å². The molecule has 0 aliphatic carbocycles. The Morgan fingerprint density at radius 2 is 1.90 bits per heavy atom. The number of benzene rings is 1. The quantitative estimate of drug-likeness (QED) is 0.888. The first-order chi connectivity index (χ1) is 9.40. The van der Waals surface area contributed by atoms with Crippen molar-refractivity contribution in [3.05, 3.63) is 48.2 Å². The Labute approximate surface area is 117 Å². The fourth-order valence-electron chi connectivity index (χ4n) is 1.88. The highest BCUT2D eigenvalue weighted by molar-refractivity contribution is 7.89. The predicted octanol–water partition coefficient (Wildman–Crippen LogP) is 2.22. The first-order valence-corrected chi connectivity index (χ1v) is 7.64. The number of rotatable bonds is 5. The normalized spacial score (nSPS) is 13.6. The molecule has 2 rings (SSSR count). The zero-order valence-electron chi connectivity index (χ0n) is 11.2. The number of hydrogen-bond acceptors (Lipinski definition) is 3. The van der Waals surface area contributed by atoms with E-state index in [1.165, 1.54) is 24.7 Å². The van der Waals surface area contributed by atoms with E-state index in [9.17, 15) is 12.8 Å². The Morgan fingerprint density at radius 1 is 1.25 bits per heavy atom. The van der Waals surface area contributed by atoms with Crippen LogP contribution in [0.3, 0.4) is 0 Å². The number of imidazole rings is 1. The fourth-order valence-corrected chi connectivity index (χ4v) is 3.16. The lowest BCUT2D eigenvalue weighted by molar-refractivity contribution is 0.461. The van der Waals surface area contributed by atoms with Gasteiger partial charge in [-0.05, 0) is 23.6 Å². The second kappa shape index (κ2) is 5.72. The molecule has 2 aromatic rings. The first kappa shape index (κ1) is 14.7. The number of halogens is 1. The minimum absolute atomic E-state index is 0.00487. The highest BCUT2D eigenvalue weighted by atomic mass is 32.2. The first-order valence-electron chi connectivity index (χ1n) is 6.16. The molecule has 0 saturated carbocycles. The Morgan fingerprint density at radius 3 is 2.40 bits per heavy atom. The van der Waals surface area contributed by atoms with Gasteiger partial charge in [0.05, 0.1) is 12.5 Å². The number of nitrogens with one attached hydrogen (secondary N) is 2. The van der Waals surface area contributed by atoms with Gasteiger partial charge in [-0.25, -0.2) is 22.5 Å². The van der Waals surface area contributed by atoms with Crippen molar-refractivity contribution in [1.29, 1.82) is 0 Å². The number of aromatic amines is 1. The van der Waals surface area contributed by atoms with E-state index in [1.54, 1.807) is 12.1 Å². The average Bonchev–Trinajstić information content (AvgIpc) is 2.91. The van der Waals surface area contributed by atoms with E-state index in [4.69, 9.17) is 0 Å². The molecule has 0 aliphatic rings. The van der Waals surface area contributed by atoms with Gasteiger partial charge in [-0.3, -0.25) is 0 Å². The SMILES string of the molecule is CC(C)C(NS(=O)(=O)c1cnc[nH]1)c1ccc(F)cc1. The van der Waals surface area contributed by atoms with Gasteiger partial charge in [-0.2, -0.15) is 0 Å². The van der Waals surface area contributed by atoms with Crippen LogP contribution in [0, 0.1) is 11.7 Å². The minimum atomic E-state index is -3.68. The lowest BCUT2D eigenvalue weighted by Crippen LogP contribution is -2.32. The maximum atomic E-state index is 13.0. The molecule has 7 heteroatoms. The molecule has 0 saturated heterocycles. The van der Waals surface area contributed by atoms with E-state index in [2.05, 4.69) is 14.7 Å². The van der Waals surface area contributed by atoms with Crippen molar-refractivity contribution in [1.82, 2.24) is 14.7 Å². The van der Waals surface area contributed by atoms with Gasteiger partial charge in [0.2, 0.25) is 0 Å². The van der Waals surface area contributed by atoms with Gasteiger partial charge < -0.3 is 4.98 Å². The van der Waals surface area contributed by atoms with Crippen molar-refractivity contribution in [3.8, 4) is 0 Å². The summed E-state index contributed by atoms with van der Waals surface area (Å²) in [5, 5.41) is 0.00487. The topological polar surface area (TPSA) is 74.8 Å². The molecule has 108 valence electrons. The molecule has 5 nitrogen and oxygen atoms in total. The number of nitrogens with zero attached hydrogens (tertiary/aromatic N) is 1. The summed E-state index contributed by atoms with van der Waals surface area (Å²) in [6, 6.07) is 5.35. The van der Waals surface area contributed by atoms with E-state index < -0.39 is 16.1 Å². The number of H-pyrrole nitrogens is 1. The van der Waals surface area contributed by atoms with Crippen LogP contribution in [0.1, 0.15) is 25.5 Å². The van der Waals surface area contributed by atoms with Crippen LogP contribution < -0.4 is 4.72 Å². The largest absolute Gasteiger partial charge is 0.335 e. The molecule has 1 atom stereocenters. The predicted molar refractivity (Wildman–Crippen MR) is 72.9 cm³/mol. The van der Waals surface area contributed by atoms with Crippen molar-refractivity contribution in [3.63, 3.8) is 0 Å². The van der Waals surface area contributed by atoms with Crippen LogP contribution in [0.5, 0.6) is 0 Å². The van der Waals surface area contributed by atoms with Gasteiger partial charge in [0.25, 0.3) is 10.0 Å². The van der Waals surface area contributed by atoms with Gasteiger partial charge in [0, 0.05) is 6.04 Å². The van der Waals surface area contributed by atoms with Crippen LogP contribution in [0.4, 0.5) is 4.39 Å². The summed E-state index contributed by atoms with van der Waals surface area (Å²) in [4.78, 5) is 6.26. The van der Waals surface area contributed by atoms with Crippen molar-refractivity contribution in [2.24, 2.45) is 5.92 Å². The Kier molecular flexibility index (Phi) is 4.20. The van der Waals surface area contributed by atoms with Gasteiger partial charge in [0.1, 0.15) is 5.82 Å². The molecule has 1 aromatic carbocycles. The Bertz CT molecular complexity index is 651. The lowest BCUT2D eigenvalue weighted by Gasteiger charge is -2.22. The van der Waals surface area contributed by atoms with Crippen molar-refractivity contribution < 1.29 is 12.8 Å². The van der Waals surface area contributed by atoms with E-state index >= 15 is 0 Å². The number of hydrogen-bond donors (Lipinski definition) is 2. The zero-order chi connectivity index (χ0) is 14.8. The fraction of sp³-hybridized carbons (Fsp3) is 0.308. The standard InChI is InChI=1S/C13H16FN3O2S/c1-9(2)13(10-3-5-11(14)6-4-10)17-20(18,19)12-7-15-8-16-12/h3-9,13,17H,1-2H3,(H,15,16). The molecule has 0 fully saturated rings. The van der Waals surface area contributed by atoms with Gasteiger partial charge in [-0.1, -0.05) is 26.0 Å². The molecule has 1 heterocycles. The summed E-state index contributed by atoms with van der Waals surface area (Å²) in [7, 11) is -3.68. The minimum Gasteiger partial charge on any atom is -0.335 e. The van der Waals surface area contributed by atoms with Gasteiger partial charge in [0.15, 0.2) is 5.03 Å². The summed E-state index contributed by atoms with van der Waals surface area (Å²) in [5.74, 6) is -0.342. The summed E-state index contributed by atoms with van der Waals surface area (Å²) in [5.41, 5.74) is 0.712. The third-order valence-corrected chi connectivity index (χ3v) is 4.31. The highest BCUT2D eigenvalue weighted by Gasteiger charge is 2.24. The molecule has 1 aromatic heterocycles. The molecule has 0 bridgehead atoms. The molecule has 20 heavy (non-hydrogen) atoms. The molecule has 0 aliphatic heterocycles. The molecule has 0 radical (unpaired) electrons. The molecule has 1 unspecified atom stereocenters. The maximum absolute atomic E-state index is 13.0. The smallest absolute Gasteiger partial charge is 0.258 e. The highest BCUT2D eigenvalue weighted by Crippen LogP contribution is 2.24. The van der Waals surface area contributed by atoms with E-state index in [0.717, 1.165) is 0 Å². The van der Waals surface area contributed by atoms with Crippen LogP contribution >= 0.6 is 0 Å². The van der Waals surface area contributed by atoms with E-state index in [1.807, 2.05) is 13.8 Å². The second-order valence-electron chi connectivity index (χ2n) is 4.81. The second-order valence-corrected chi connectivity index (χ2v) is 6.49. The van der Waals surface area contributed by atoms with Crippen molar-refractivity contribution >= 4 is 10.0 Å². The average molecular weight is 297 g/mol. The van der Waals surface area contributed by atoms with Crippen molar-refractivity contribution in [2.45, 2.75) is 24.9 Å². The van der Waals surface area contributed by atoms with Gasteiger partial charge >= 0.3 is 0 Å². The number of sulfonamides is 1. The molecule has 0 spiro atoms. The van der Waals surface area contributed by atoms with Crippen molar-refractivity contribution in [2.75, 3.05) is 0 Å². The monoisotopic (exact) mass is 297 g/mol. The lowest BCUT2D eigenvalue weighted by atomic mass is 9.97. The number of aromatic nitrogens is 2. The van der Waals surface area contributed by atoms with Crippen LogP contribution in [0.2, 0.25) is 0 Å². The summed E-state index contributed by atoms with van der Waals surface area (Å²) < 4.78 is 40.0. The molecule has 2 N–H and O–H groups in total. The van der Waals surface area contributed by atoms with Crippen LogP contribution in [0.15, 0.2) is 41.8 Å². The third kappa shape index (κ3) is 3.23. The third-order valence-electron chi connectivity index (χ3n) is 2.94. The maximum Gasteiger partial charge on any atom is 0.258 e. The molecule has 0 amide bonds. The zero-order valence-corrected chi connectivity index (χ0v) is 12.0.